The van der Waals surface area contributed by atoms with Gasteiger partial charge in [0.25, 0.3) is 0 Å². The predicted octanol–water partition coefficient (Wildman–Crippen LogP) is 0.721. The van der Waals surface area contributed by atoms with Gasteiger partial charge >= 0.3 is 5.97 Å². The van der Waals surface area contributed by atoms with Crippen LogP contribution in [0.4, 0.5) is 0 Å². The Morgan fingerprint density at radius 2 is 2.31 bits per heavy atom. The molecular weight excluding hydrogens is 206 g/mol. The van der Waals surface area contributed by atoms with Crippen molar-refractivity contribution in [3.63, 3.8) is 0 Å². The monoisotopic (exact) mass is 221 g/mol. The van der Waals surface area contributed by atoms with Crippen LogP contribution in [0.2, 0.25) is 0 Å². The lowest BCUT2D eigenvalue weighted by Gasteiger charge is -2.24. The number of carbonyl (C=O) groups is 2. The molecule has 0 aromatic rings. The lowest BCUT2D eigenvalue weighted by molar-refractivity contribution is -0.148. The fraction of sp³-hybridized carbons (Fsp3) is 0.667. The van der Waals surface area contributed by atoms with Crippen molar-refractivity contribution in [2.45, 2.75) is 31.7 Å². The molecule has 1 aliphatic heterocycles. The van der Waals surface area contributed by atoms with E-state index in [0.29, 0.717) is 25.3 Å². The highest BCUT2D eigenvalue weighted by molar-refractivity contribution is 5.85. The molecule has 2 aliphatic rings. The van der Waals surface area contributed by atoms with E-state index in [-0.39, 0.29) is 11.8 Å². The van der Waals surface area contributed by atoms with Crippen LogP contribution < -0.4 is 0 Å². The zero-order valence-corrected chi connectivity index (χ0v) is 9.06. The molecule has 1 aliphatic carbocycles. The highest BCUT2D eigenvalue weighted by atomic mass is 16.4. The van der Waals surface area contributed by atoms with Crippen molar-refractivity contribution in [1.29, 1.82) is 0 Å². The summed E-state index contributed by atoms with van der Waals surface area (Å²) in [5, 5.41) is 9.14. The first-order valence-corrected chi connectivity index (χ1v) is 5.60. The first-order chi connectivity index (χ1) is 7.61. The lowest BCUT2D eigenvalue weighted by Crippen LogP contribution is -2.42. The van der Waals surface area contributed by atoms with E-state index in [4.69, 9.17) is 11.5 Å². The second kappa shape index (κ2) is 4.17. The van der Waals surface area contributed by atoms with Crippen LogP contribution in [0.15, 0.2) is 0 Å². The maximum atomic E-state index is 11.7. The second-order valence-corrected chi connectivity index (χ2v) is 4.65. The number of rotatable bonds is 4. The molecule has 1 N–H and O–H groups in total. The Labute approximate surface area is 94.6 Å². The summed E-state index contributed by atoms with van der Waals surface area (Å²) in [4.78, 5) is 24.3. The summed E-state index contributed by atoms with van der Waals surface area (Å²) in [6, 6.07) is -0.668. The fourth-order valence-corrected chi connectivity index (χ4v) is 2.18. The summed E-state index contributed by atoms with van der Waals surface area (Å²) < 4.78 is 0. The number of amides is 1. The van der Waals surface area contributed by atoms with E-state index in [1.165, 1.54) is 4.90 Å². The van der Waals surface area contributed by atoms with Crippen LogP contribution in [0.25, 0.3) is 0 Å². The lowest BCUT2D eigenvalue weighted by atomic mass is 10.1. The number of nitrogens with zero attached hydrogens (tertiary/aromatic N) is 1. The van der Waals surface area contributed by atoms with Crippen molar-refractivity contribution in [3.05, 3.63) is 0 Å². The molecule has 86 valence electrons. The fourth-order valence-electron chi connectivity index (χ4n) is 2.18. The molecular formula is C12H15NO3. The molecule has 1 saturated carbocycles. The van der Waals surface area contributed by atoms with Gasteiger partial charge in [-0.1, -0.05) is 12.8 Å². The zero-order valence-electron chi connectivity index (χ0n) is 9.06. The summed E-state index contributed by atoms with van der Waals surface area (Å²) in [5.74, 6) is 1.88. The topological polar surface area (TPSA) is 57.6 Å². The summed E-state index contributed by atoms with van der Waals surface area (Å²) in [7, 11) is 0. The molecule has 1 heterocycles. The number of aliphatic carboxylic acids is 1. The van der Waals surface area contributed by atoms with Crippen molar-refractivity contribution in [2.75, 3.05) is 6.54 Å². The van der Waals surface area contributed by atoms with Gasteiger partial charge in [0.15, 0.2) is 0 Å². The number of likely N-dealkylation sites (tertiary alicyclic amines) is 1. The number of carboxylic acid groups (broad SMARTS) is 1. The zero-order chi connectivity index (χ0) is 11.7. The normalized spacial score (nSPS) is 26.6. The van der Waals surface area contributed by atoms with Gasteiger partial charge in [-0.25, -0.2) is 4.79 Å². The third-order valence-corrected chi connectivity index (χ3v) is 3.31. The van der Waals surface area contributed by atoms with Crippen molar-refractivity contribution in [3.8, 4) is 12.3 Å². The molecule has 0 aromatic carbocycles. The van der Waals surface area contributed by atoms with Gasteiger partial charge in [0, 0.05) is 18.9 Å². The molecule has 0 bridgehead atoms. The summed E-state index contributed by atoms with van der Waals surface area (Å²) in [6.45, 7) is 0.402. The van der Waals surface area contributed by atoms with Gasteiger partial charge in [0.2, 0.25) is 5.91 Å². The van der Waals surface area contributed by atoms with Crippen molar-refractivity contribution in [1.82, 2.24) is 4.90 Å². The van der Waals surface area contributed by atoms with E-state index in [0.717, 1.165) is 12.8 Å². The molecule has 0 radical (unpaired) electrons. The molecule has 0 spiro atoms. The molecule has 1 amide bonds. The van der Waals surface area contributed by atoms with Crippen LogP contribution in [0, 0.1) is 24.2 Å². The first kappa shape index (κ1) is 11.0. The molecule has 16 heavy (non-hydrogen) atoms. The minimum atomic E-state index is -0.905. The van der Waals surface area contributed by atoms with Crippen LogP contribution >= 0.6 is 0 Å². The molecule has 2 fully saturated rings. The van der Waals surface area contributed by atoms with Gasteiger partial charge in [-0.2, -0.15) is 0 Å². The Bertz CT molecular complexity index is 354. The molecule has 4 heteroatoms. The Morgan fingerprint density at radius 3 is 2.75 bits per heavy atom. The molecule has 2 rings (SSSR count). The first-order valence-electron chi connectivity index (χ1n) is 5.60. The molecule has 1 unspecified atom stereocenters. The van der Waals surface area contributed by atoms with E-state index in [1.54, 1.807) is 0 Å². The molecule has 2 atom stereocenters. The Hall–Kier alpha value is -1.50. The van der Waals surface area contributed by atoms with E-state index < -0.39 is 12.0 Å². The van der Waals surface area contributed by atoms with Gasteiger partial charge in [-0.15, -0.1) is 12.3 Å². The number of carboxylic acids is 1. The highest BCUT2D eigenvalue weighted by Crippen LogP contribution is 2.36. The van der Waals surface area contributed by atoms with Gasteiger partial charge in [0.05, 0.1) is 0 Å². The SMILES string of the molecule is C#CC1CC(=O)N([C@@H](CC2CC2)C(=O)O)C1. The summed E-state index contributed by atoms with van der Waals surface area (Å²) in [6.07, 6.45) is 8.33. The smallest absolute Gasteiger partial charge is 0.326 e. The summed E-state index contributed by atoms with van der Waals surface area (Å²) in [5.41, 5.74) is 0. The van der Waals surface area contributed by atoms with Crippen LogP contribution in [-0.2, 0) is 9.59 Å². The third-order valence-electron chi connectivity index (χ3n) is 3.31. The van der Waals surface area contributed by atoms with Crippen LogP contribution in [-0.4, -0.2) is 34.5 Å². The largest absolute Gasteiger partial charge is 0.480 e. The van der Waals surface area contributed by atoms with Gasteiger partial charge in [-0.3, -0.25) is 4.79 Å². The van der Waals surface area contributed by atoms with E-state index in [1.807, 2.05) is 0 Å². The average molecular weight is 221 g/mol. The van der Waals surface area contributed by atoms with Crippen LogP contribution in [0.5, 0.6) is 0 Å². The Kier molecular flexibility index (Phi) is 2.86. The Balaban J connectivity index is 2.04. The predicted molar refractivity (Wildman–Crippen MR) is 57.4 cm³/mol. The maximum Gasteiger partial charge on any atom is 0.326 e. The average Bonchev–Trinajstić information content (AvgIpc) is 2.98. The minimum absolute atomic E-state index is 0.115. The third kappa shape index (κ3) is 2.19. The molecule has 4 nitrogen and oxygen atoms in total. The standard InChI is InChI=1S/C12H15NO3/c1-2-8-6-11(14)13(7-8)10(12(15)16)5-9-3-4-9/h1,8-10H,3-7H2,(H,15,16)/t8?,10-/m0/s1. The second-order valence-electron chi connectivity index (χ2n) is 4.65. The Morgan fingerprint density at radius 1 is 1.62 bits per heavy atom. The van der Waals surface area contributed by atoms with Gasteiger partial charge in [0.1, 0.15) is 6.04 Å². The van der Waals surface area contributed by atoms with Crippen molar-refractivity contribution in [2.24, 2.45) is 11.8 Å². The van der Waals surface area contributed by atoms with Crippen molar-refractivity contribution >= 4 is 11.9 Å². The number of hydrogen-bond donors (Lipinski definition) is 1. The van der Waals surface area contributed by atoms with Gasteiger partial charge < -0.3 is 10.0 Å². The van der Waals surface area contributed by atoms with Crippen LogP contribution in [0.1, 0.15) is 25.7 Å². The molecule has 1 saturated heterocycles. The summed E-state index contributed by atoms with van der Waals surface area (Å²) >= 11 is 0. The van der Waals surface area contributed by atoms with Crippen LogP contribution in [0.3, 0.4) is 0 Å². The van der Waals surface area contributed by atoms with E-state index in [2.05, 4.69) is 5.92 Å². The number of terminal acetylenes is 1. The molecule has 0 aromatic heterocycles. The number of carbonyl (C=O) groups excluding carboxylic acids is 1. The number of hydrogen-bond acceptors (Lipinski definition) is 2. The maximum absolute atomic E-state index is 11.7. The quantitative estimate of drug-likeness (QED) is 0.712. The van der Waals surface area contributed by atoms with Crippen molar-refractivity contribution < 1.29 is 14.7 Å². The van der Waals surface area contributed by atoms with Gasteiger partial charge in [-0.05, 0) is 12.3 Å². The minimum Gasteiger partial charge on any atom is -0.480 e. The van der Waals surface area contributed by atoms with E-state index >= 15 is 0 Å². The van der Waals surface area contributed by atoms with E-state index in [9.17, 15) is 9.59 Å². The highest BCUT2D eigenvalue weighted by Gasteiger charge is 2.39.